The molecule has 0 aromatic heterocycles. The molecular weight excluding hydrogens is 406 g/mol. The maximum atomic E-state index is 11.2. The van der Waals surface area contributed by atoms with Crippen LogP contribution in [-0.2, 0) is 11.2 Å². The Bertz CT molecular complexity index is 1080. The molecule has 0 atom stereocenters. The van der Waals surface area contributed by atoms with Gasteiger partial charge in [-0.25, -0.2) is 0 Å². The first-order valence-electron chi connectivity index (χ1n) is 11.9. The molecular formula is C30H35NO2. The van der Waals surface area contributed by atoms with Gasteiger partial charge in [0, 0.05) is 0 Å². The van der Waals surface area contributed by atoms with Crippen LogP contribution in [0.15, 0.2) is 73.3 Å². The summed E-state index contributed by atoms with van der Waals surface area (Å²) in [6.45, 7) is 10.8. The zero-order valence-electron chi connectivity index (χ0n) is 20.1. The second-order valence-corrected chi connectivity index (χ2v) is 8.50. The van der Waals surface area contributed by atoms with Crippen LogP contribution >= 0.6 is 0 Å². The maximum Gasteiger partial charge on any atom is 0.243 e. The van der Waals surface area contributed by atoms with Gasteiger partial charge in [0.15, 0.2) is 0 Å². The van der Waals surface area contributed by atoms with Gasteiger partial charge in [-0.3, -0.25) is 4.79 Å². The SMILES string of the molecule is C=CC(=O)NCCOc1ccc(-c2ccc(-c3ccc(CCCCC)cc3)cc2C)c(C)c1. The number of benzene rings is 3. The van der Waals surface area contributed by atoms with Gasteiger partial charge >= 0.3 is 0 Å². The molecule has 0 unspecified atom stereocenters. The molecule has 0 heterocycles. The van der Waals surface area contributed by atoms with Gasteiger partial charge in [0.25, 0.3) is 0 Å². The Morgan fingerprint density at radius 3 is 2.21 bits per heavy atom. The van der Waals surface area contributed by atoms with E-state index in [0.717, 1.165) is 17.7 Å². The van der Waals surface area contributed by atoms with E-state index in [9.17, 15) is 4.79 Å². The average Bonchev–Trinajstić information content (AvgIpc) is 2.83. The first kappa shape index (κ1) is 24.3. The molecule has 0 saturated heterocycles. The maximum absolute atomic E-state index is 11.2. The lowest BCUT2D eigenvalue weighted by molar-refractivity contribution is -0.116. The van der Waals surface area contributed by atoms with Crippen LogP contribution in [0.4, 0.5) is 0 Å². The third kappa shape index (κ3) is 6.82. The molecule has 1 N–H and O–H groups in total. The van der Waals surface area contributed by atoms with Crippen molar-refractivity contribution < 1.29 is 9.53 Å². The van der Waals surface area contributed by atoms with Gasteiger partial charge in [0.2, 0.25) is 5.91 Å². The molecule has 0 spiro atoms. The number of aryl methyl sites for hydroxylation is 3. The van der Waals surface area contributed by atoms with Crippen molar-refractivity contribution >= 4 is 5.91 Å². The summed E-state index contributed by atoms with van der Waals surface area (Å²) in [4.78, 5) is 11.2. The van der Waals surface area contributed by atoms with Crippen molar-refractivity contribution in [3.8, 4) is 28.0 Å². The highest BCUT2D eigenvalue weighted by molar-refractivity contribution is 5.86. The fourth-order valence-corrected chi connectivity index (χ4v) is 4.03. The Morgan fingerprint density at radius 1 is 0.909 bits per heavy atom. The molecule has 0 aliphatic rings. The topological polar surface area (TPSA) is 38.3 Å². The average molecular weight is 442 g/mol. The van der Waals surface area contributed by atoms with Crippen molar-refractivity contribution in [3.05, 3.63) is 90.0 Å². The van der Waals surface area contributed by atoms with Crippen LogP contribution in [0, 0.1) is 13.8 Å². The van der Waals surface area contributed by atoms with Crippen molar-refractivity contribution in [1.29, 1.82) is 0 Å². The molecule has 1 amide bonds. The van der Waals surface area contributed by atoms with E-state index < -0.39 is 0 Å². The number of hydrogen-bond donors (Lipinski definition) is 1. The number of carbonyl (C=O) groups excluding carboxylic acids is 1. The van der Waals surface area contributed by atoms with Crippen LogP contribution in [0.5, 0.6) is 5.75 Å². The standard InChI is InChI=1S/C30H35NO2/c1-5-7-8-9-24-10-12-25(13-11-24)26-14-16-28(22(3)20-26)29-17-15-27(21-23(29)4)33-19-18-31-30(32)6-2/h6,10-17,20-21H,2,5,7-9,18-19H2,1,3-4H3,(H,31,32). The van der Waals surface area contributed by atoms with Gasteiger partial charge in [-0.15, -0.1) is 0 Å². The summed E-state index contributed by atoms with van der Waals surface area (Å²) in [6.07, 6.45) is 6.24. The molecule has 3 heteroatoms. The quantitative estimate of drug-likeness (QED) is 0.256. The van der Waals surface area contributed by atoms with Crippen LogP contribution < -0.4 is 10.1 Å². The van der Waals surface area contributed by atoms with Gasteiger partial charge in [0.1, 0.15) is 12.4 Å². The second kappa shape index (κ2) is 12.1. The van der Waals surface area contributed by atoms with Gasteiger partial charge in [-0.05, 0) is 83.8 Å². The summed E-state index contributed by atoms with van der Waals surface area (Å²) in [7, 11) is 0. The molecule has 3 rings (SSSR count). The zero-order valence-corrected chi connectivity index (χ0v) is 20.1. The smallest absolute Gasteiger partial charge is 0.243 e. The van der Waals surface area contributed by atoms with Gasteiger partial charge in [-0.1, -0.05) is 74.9 Å². The molecule has 3 nitrogen and oxygen atoms in total. The van der Waals surface area contributed by atoms with Gasteiger partial charge in [-0.2, -0.15) is 0 Å². The number of hydrogen-bond acceptors (Lipinski definition) is 2. The minimum atomic E-state index is -0.188. The van der Waals surface area contributed by atoms with E-state index in [0.29, 0.717) is 13.2 Å². The van der Waals surface area contributed by atoms with Gasteiger partial charge < -0.3 is 10.1 Å². The Balaban J connectivity index is 1.68. The molecule has 0 bridgehead atoms. The normalized spacial score (nSPS) is 10.6. The summed E-state index contributed by atoms with van der Waals surface area (Å²) in [5.74, 6) is 0.615. The monoisotopic (exact) mass is 441 g/mol. The number of ether oxygens (including phenoxy) is 1. The summed E-state index contributed by atoms with van der Waals surface area (Å²) in [5.41, 5.74) is 8.78. The van der Waals surface area contributed by atoms with Crippen LogP contribution in [0.3, 0.4) is 0 Å². The predicted octanol–water partition coefficient (Wildman–Crippen LogP) is 7.05. The lowest BCUT2D eigenvalue weighted by atomic mass is 9.93. The minimum Gasteiger partial charge on any atom is -0.492 e. The van der Waals surface area contributed by atoms with E-state index in [1.54, 1.807) is 0 Å². The summed E-state index contributed by atoms with van der Waals surface area (Å²) in [5, 5.41) is 2.71. The molecule has 33 heavy (non-hydrogen) atoms. The number of amides is 1. The number of nitrogens with one attached hydrogen (secondary N) is 1. The predicted molar refractivity (Wildman–Crippen MR) is 139 cm³/mol. The number of unbranched alkanes of at least 4 members (excludes halogenated alkanes) is 2. The second-order valence-electron chi connectivity index (χ2n) is 8.50. The van der Waals surface area contributed by atoms with Crippen molar-refractivity contribution in [3.63, 3.8) is 0 Å². The minimum absolute atomic E-state index is 0.188. The lowest BCUT2D eigenvalue weighted by Gasteiger charge is -2.14. The van der Waals surface area contributed by atoms with E-state index in [-0.39, 0.29) is 5.91 Å². The molecule has 0 aliphatic carbocycles. The van der Waals surface area contributed by atoms with E-state index in [1.807, 2.05) is 6.07 Å². The molecule has 0 fully saturated rings. The van der Waals surface area contributed by atoms with Crippen LogP contribution in [0.2, 0.25) is 0 Å². The third-order valence-electron chi connectivity index (χ3n) is 5.93. The van der Waals surface area contributed by atoms with Crippen LogP contribution in [0.1, 0.15) is 42.9 Å². The fraction of sp³-hybridized carbons (Fsp3) is 0.300. The number of rotatable bonds is 11. The summed E-state index contributed by atoms with van der Waals surface area (Å²) < 4.78 is 5.77. The van der Waals surface area contributed by atoms with Crippen LogP contribution in [-0.4, -0.2) is 19.1 Å². The molecule has 172 valence electrons. The first-order valence-corrected chi connectivity index (χ1v) is 11.9. The molecule has 0 aliphatic heterocycles. The van der Waals surface area contributed by atoms with Crippen molar-refractivity contribution in [2.24, 2.45) is 0 Å². The Morgan fingerprint density at radius 2 is 1.58 bits per heavy atom. The van der Waals surface area contributed by atoms with Crippen molar-refractivity contribution in [1.82, 2.24) is 5.32 Å². The highest BCUT2D eigenvalue weighted by Crippen LogP contribution is 2.32. The summed E-state index contributed by atoms with van der Waals surface area (Å²) >= 11 is 0. The van der Waals surface area contributed by atoms with Crippen molar-refractivity contribution in [2.75, 3.05) is 13.2 Å². The number of carbonyl (C=O) groups is 1. The van der Waals surface area contributed by atoms with E-state index in [4.69, 9.17) is 4.74 Å². The largest absolute Gasteiger partial charge is 0.492 e. The molecule has 3 aromatic carbocycles. The Labute approximate surface area is 198 Å². The first-order chi connectivity index (χ1) is 16.0. The highest BCUT2D eigenvalue weighted by atomic mass is 16.5. The Hall–Kier alpha value is -3.33. The highest BCUT2D eigenvalue weighted by Gasteiger charge is 2.09. The zero-order chi connectivity index (χ0) is 23.6. The van der Waals surface area contributed by atoms with E-state index >= 15 is 0 Å². The lowest BCUT2D eigenvalue weighted by Crippen LogP contribution is -2.26. The molecule has 0 radical (unpaired) electrons. The van der Waals surface area contributed by atoms with E-state index in [2.05, 4.69) is 87.3 Å². The molecule has 3 aromatic rings. The van der Waals surface area contributed by atoms with Gasteiger partial charge in [0.05, 0.1) is 6.54 Å². The van der Waals surface area contributed by atoms with E-state index in [1.165, 1.54) is 58.7 Å². The fourth-order valence-electron chi connectivity index (χ4n) is 4.03. The molecule has 0 saturated carbocycles. The summed E-state index contributed by atoms with van der Waals surface area (Å²) in [6, 6.07) is 21.9. The third-order valence-corrected chi connectivity index (χ3v) is 5.93. The Kier molecular flexibility index (Phi) is 8.88. The van der Waals surface area contributed by atoms with Crippen molar-refractivity contribution in [2.45, 2.75) is 46.5 Å². The van der Waals surface area contributed by atoms with Crippen LogP contribution in [0.25, 0.3) is 22.3 Å².